The van der Waals surface area contributed by atoms with E-state index in [9.17, 15) is 4.79 Å². The highest BCUT2D eigenvalue weighted by Crippen LogP contribution is 2.28. The van der Waals surface area contributed by atoms with Crippen molar-refractivity contribution in [1.82, 2.24) is 14.6 Å². The summed E-state index contributed by atoms with van der Waals surface area (Å²) in [6, 6.07) is 14.5. The lowest BCUT2D eigenvalue weighted by Crippen LogP contribution is -2.09. The summed E-state index contributed by atoms with van der Waals surface area (Å²) in [7, 11) is 0. The van der Waals surface area contributed by atoms with Crippen LogP contribution < -0.4 is 5.32 Å². The number of aryl methyl sites for hydroxylation is 2. The van der Waals surface area contributed by atoms with Crippen LogP contribution in [0.15, 0.2) is 53.9 Å². The lowest BCUT2D eigenvalue weighted by Gasteiger charge is -2.05. The second-order valence-electron chi connectivity index (χ2n) is 7.71. The van der Waals surface area contributed by atoms with Gasteiger partial charge >= 0.3 is 0 Å². The van der Waals surface area contributed by atoms with Gasteiger partial charge in [-0.25, -0.2) is 4.52 Å². The molecule has 30 heavy (non-hydrogen) atoms. The highest BCUT2D eigenvalue weighted by Gasteiger charge is 2.14. The van der Waals surface area contributed by atoms with E-state index >= 15 is 0 Å². The van der Waals surface area contributed by atoms with Crippen LogP contribution in [-0.4, -0.2) is 20.5 Å². The van der Waals surface area contributed by atoms with E-state index in [1.165, 1.54) is 34.1 Å². The average Bonchev–Trinajstić information content (AvgIpc) is 3.27. The third-order valence-corrected chi connectivity index (χ3v) is 5.82. The molecular weight excluding hydrogens is 392 g/mol. The predicted octanol–water partition coefficient (Wildman–Crippen LogP) is 5.85. The van der Waals surface area contributed by atoms with Gasteiger partial charge in [0.25, 0.3) is 11.9 Å². The molecule has 0 saturated heterocycles. The molecule has 0 bridgehead atoms. The van der Waals surface area contributed by atoms with Gasteiger partial charge in [-0.2, -0.15) is 4.98 Å². The number of carbonyl (C=O) groups is 1. The van der Waals surface area contributed by atoms with Crippen LogP contribution in [0.5, 0.6) is 0 Å². The van der Waals surface area contributed by atoms with Crippen LogP contribution in [0, 0.1) is 13.8 Å². The molecule has 4 aromatic rings. The Morgan fingerprint density at radius 1 is 1.13 bits per heavy atom. The Kier molecular flexibility index (Phi) is 5.50. The molecule has 0 aliphatic rings. The van der Waals surface area contributed by atoms with Crippen molar-refractivity contribution in [2.45, 2.75) is 33.6 Å². The van der Waals surface area contributed by atoms with Crippen molar-refractivity contribution in [2.24, 2.45) is 0 Å². The van der Waals surface area contributed by atoms with Gasteiger partial charge in [-0.3, -0.25) is 10.1 Å². The van der Waals surface area contributed by atoms with Crippen molar-refractivity contribution in [1.29, 1.82) is 0 Å². The first-order chi connectivity index (χ1) is 14.4. The van der Waals surface area contributed by atoms with E-state index < -0.39 is 0 Å². The molecule has 0 aliphatic carbocycles. The van der Waals surface area contributed by atoms with Crippen molar-refractivity contribution >= 4 is 34.2 Å². The largest absolute Gasteiger partial charge is 0.290 e. The van der Waals surface area contributed by atoms with E-state index in [2.05, 4.69) is 73.4 Å². The van der Waals surface area contributed by atoms with Crippen molar-refractivity contribution in [3.63, 3.8) is 0 Å². The summed E-state index contributed by atoms with van der Waals surface area (Å²) in [5, 5.41) is 9.29. The molecule has 0 atom stereocenters. The fraction of sp³-hybridized carbons (Fsp3) is 0.208. The smallest absolute Gasteiger partial charge is 0.250 e. The quantitative estimate of drug-likeness (QED) is 0.415. The summed E-state index contributed by atoms with van der Waals surface area (Å²) in [5.74, 6) is 0.535. The first-order valence-electron chi connectivity index (χ1n) is 9.91. The number of hydrogen-bond donors (Lipinski definition) is 1. The fourth-order valence-electron chi connectivity index (χ4n) is 3.34. The minimum Gasteiger partial charge on any atom is -0.290 e. The number of hydrogen-bond acceptors (Lipinski definition) is 4. The zero-order valence-electron chi connectivity index (χ0n) is 17.5. The number of fused-ring (bicyclic) bond motifs is 1. The number of amides is 1. The van der Waals surface area contributed by atoms with E-state index in [0.717, 1.165) is 21.8 Å². The van der Waals surface area contributed by atoms with Gasteiger partial charge in [0.2, 0.25) is 4.96 Å². The van der Waals surface area contributed by atoms with Crippen LogP contribution in [0.1, 0.15) is 42.0 Å². The van der Waals surface area contributed by atoms with Crippen molar-refractivity contribution in [3.8, 4) is 11.3 Å². The molecule has 4 rings (SSSR count). The number of thiazole rings is 1. The number of nitrogens with zero attached hydrogens (tertiary/aromatic N) is 3. The molecule has 0 radical (unpaired) electrons. The van der Waals surface area contributed by atoms with Gasteiger partial charge in [-0.05, 0) is 42.5 Å². The highest BCUT2D eigenvalue weighted by molar-refractivity contribution is 7.15. The molecule has 2 aromatic carbocycles. The maximum atomic E-state index is 12.3. The maximum Gasteiger partial charge on any atom is 0.250 e. The normalized spacial score (nSPS) is 11.6. The van der Waals surface area contributed by atoms with E-state index in [-0.39, 0.29) is 5.91 Å². The molecule has 0 saturated carbocycles. The molecule has 1 amide bonds. The number of nitrogens with one attached hydrogen (secondary N) is 1. The number of benzene rings is 2. The van der Waals surface area contributed by atoms with Crippen LogP contribution in [-0.2, 0) is 4.79 Å². The first kappa shape index (κ1) is 20.0. The Balaban J connectivity index is 1.50. The molecule has 5 nitrogen and oxygen atoms in total. The van der Waals surface area contributed by atoms with Crippen molar-refractivity contribution in [3.05, 3.63) is 76.2 Å². The Morgan fingerprint density at radius 2 is 1.90 bits per heavy atom. The molecule has 0 aliphatic heterocycles. The number of aromatic nitrogens is 3. The summed E-state index contributed by atoms with van der Waals surface area (Å²) in [4.78, 5) is 17.5. The number of carbonyl (C=O) groups excluding carboxylic acids is 1. The molecule has 6 heteroatoms. The maximum absolute atomic E-state index is 12.3. The van der Waals surface area contributed by atoms with Gasteiger partial charge in [0.05, 0.1) is 5.69 Å². The standard InChI is InChI=1S/C24H24N4OS/c1-15(2)19-9-6-18(7-10-19)8-12-22(29)25-23-26-24-28(27-23)21(14-30-24)20-11-5-16(3)13-17(20)4/h5-15H,1-4H3,(H,25,27,29)/b12-8+. The number of rotatable bonds is 5. The van der Waals surface area contributed by atoms with Gasteiger partial charge < -0.3 is 0 Å². The second-order valence-corrected chi connectivity index (χ2v) is 8.55. The second kappa shape index (κ2) is 8.24. The zero-order valence-corrected chi connectivity index (χ0v) is 18.3. The SMILES string of the molecule is Cc1ccc(-c2csc3nc(NC(=O)/C=C/c4ccc(C(C)C)cc4)nn23)c(C)c1. The van der Waals surface area contributed by atoms with Crippen LogP contribution in [0.4, 0.5) is 5.95 Å². The van der Waals surface area contributed by atoms with Gasteiger partial charge in [0.1, 0.15) is 0 Å². The van der Waals surface area contributed by atoms with Gasteiger partial charge in [-0.1, -0.05) is 61.9 Å². The average molecular weight is 417 g/mol. The number of anilines is 1. The lowest BCUT2D eigenvalue weighted by molar-refractivity contribution is -0.111. The topological polar surface area (TPSA) is 59.3 Å². The van der Waals surface area contributed by atoms with Crippen molar-refractivity contribution in [2.75, 3.05) is 5.32 Å². The minimum absolute atomic E-state index is 0.255. The molecule has 2 heterocycles. The van der Waals surface area contributed by atoms with E-state index in [1.807, 2.05) is 17.5 Å². The predicted molar refractivity (Wildman–Crippen MR) is 124 cm³/mol. The molecule has 1 N–H and O–H groups in total. The summed E-state index contributed by atoms with van der Waals surface area (Å²) in [6.07, 6.45) is 3.30. The molecule has 0 fully saturated rings. The summed E-state index contributed by atoms with van der Waals surface area (Å²) in [5.41, 5.74) is 6.74. The molecular formula is C24H24N4OS. The van der Waals surface area contributed by atoms with E-state index in [0.29, 0.717) is 11.9 Å². The van der Waals surface area contributed by atoms with Crippen LogP contribution in [0.2, 0.25) is 0 Å². The molecule has 2 aromatic heterocycles. The van der Waals surface area contributed by atoms with Crippen LogP contribution in [0.3, 0.4) is 0 Å². The third kappa shape index (κ3) is 4.19. The van der Waals surface area contributed by atoms with Crippen molar-refractivity contribution < 1.29 is 4.79 Å². The Morgan fingerprint density at radius 3 is 2.60 bits per heavy atom. The third-order valence-electron chi connectivity index (χ3n) is 5.00. The highest BCUT2D eigenvalue weighted by atomic mass is 32.1. The van der Waals surface area contributed by atoms with Crippen LogP contribution in [0.25, 0.3) is 22.3 Å². The molecule has 0 unspecified atom stereocenters. The first-order valence-corrected chi connectivity index (χ1v) is 10.8. The monoisotopic (exact) mass is 416 g/mol. The van der Waals surface area contributed by atoms with Gasteiger partial charge in [0.15, 0.2) is 0 Å². The van der Waals surface area contributed by atoms with Gasteiger partial charge in [-0.15, -0.1) is 16.4 Å². The minimum atomic E-state index is -0.255. The fourth-order valence-corrected chi connectivity index (χ4v) is 4.16. The van der Waals surface area contributed by atoms with E-state index in [4.69, 9.17) is 0 Å². The summed E-state index contributed by atoms with van der Waals surface area (Å²) >= 11 is 1.50. The Labute approximate surface area is 180 Å². The van der Waals surface area contributed by atoms with E-state index in [1.54, 1.807) is 10.6 Å². The Hall–Kier alpha value is -3.25. The summed E-state index contributed by atoms with van der Waals surface area (Å²) in [6.45, 7) is 8.48. The Bertz CT molecular complexity index is 1230. The zero-order chi connectivity index (χ0) is 21.3. The van der Waals surface area contributed by atoms with Crippen LogP contribution >= 0.6 is 11.3 Å². The molecule has 0 spiro atoms. The molecule has 152 valence electrons. The lowest BCUT2D eigenvalue weighted by atomic mass is 10.0. The van der Waals surface area contributed by atoms with Gasteiger partial charge in [0, 0.05) is 17.0 Å². The summed E-state index contributed by atoms with van der Waals surface area (Å²) < 4.78 is 1.78.